The molecule has 0 aliphatic rings. The summed E-state index contributed by atoms with van der Waals surface area (Å²) in [6, 6.07) is 9.37. The van der Waals surface area contributed by atoms with Gasteiger partial charge < -0.3 is 10.6 Å². The van der Waals surface area contributed by atoms with Gasteiger partial charge in [-0.3, -0.25) is 4.79 Å². The predicted molar refractivity (Wildman–Crippen MR) is 79.4 cm³/mol. The first kappa shape index (κ1) is 15.3. The van der Waals surface area contributed by atoms with E-state index in [1.807, 2.05) is 37.3 Å². The predicted octanol–water partition coefficient (Wildman–Crippen LogP) is 3.18. The minimum absolute atomic E-state index is 0.0658. The van der Waals surface area contributed by atoms with Crippen molar-refractivity contribution >= 4 is 27.5 Å². The summed E-state index contributed by atoms with van der Waals surface area (Å²) in [4.78, 5) is 11.7. The summed E-state index contributed by atoms with van der Waals surface area (Å²) in [5.74, 6) is -0.349. The molecule has 0 aromatic heterocycles. The zero-order valence-electron chi connectivity index (χ0n) is 10.7. The average Bonchev–Trinajstić information content (AvgIpc) is 2.40. The molecule has 0 saturated heterocycles. The van der Waals surface area contributed by atoms with Crippen molar-refractivity contribution in [2.24, 2.45) is 0 Å². The molecular weight excluding hydrogens is 306 g/mol. The van der Waals surface area contributed by atoms with Gasteiger partial charge in [-0.1, -0.05) is 35.3 Å². The van der Waals surface area contributed by atoms with Gasteiger partial charge in [-0.2, -0.15) is 5.26 Å². The van der Waals surface area contributed by atoms with Crippen molar-refractivity contribution in [3.63, 3.8) is 0 Å². The fraction of sp³-hybridized carbons (Fsp3) is 0.286. The van der Waals surface area contributed by atoms with Crippen molar-refractivity contribution in [3.8, 4) is 6.07 Å². The number of nitrogens with one attached hydrogen (secondary N) is 2. The molecule has 1 rings (SSSR count). The number of benzene rings is 1. The Hall–Kier alpha value is -1.80. The SMILES string of the molecule is CCCCNC(=O)/C(C#N)=C\Nc1cccc(Br)c1. The molecule has 1 aromatic rings. The van der Waals surface area contributed by atoms with E-state index in [4.69, 9.17) is 5.26 Å². The number of nitrogens with zero attached hydrogens (tertiary/aromatic N) is 1. The fourth-order valence-corrected chi connectivity index (χ4v) is 1.76. The molecule has 0 bridgehead atoms. The molecule has 1 amide bonds. The molecule has 19 heavy (non-hydrogen) atoms. The summed E-state index contributed by atoms with van der Waals surface area (Å²) in [6.07, 6.45) is 3.33. The van der Waals surface area contributed by atoms with Crippen LogP contribution in [0.2, 0.25) is 0 Å². The molecule has 0 aliphatic heterocycles. The summed E-state index contributed by atoms with van der Waals surface area (Å²) in [5.41, 5.74) is 0.875. The maximum absolute atomic E-state index is 11.7. The third-order valence-corrected chi connectivity index (χ3v) is 2.88. The largest absolute Gasteiger partial charge is 0.360 e. The monoisotopic (exact) mass is 321 g/mol. The maximum Gasteiger partial charge on any atom is 0.263 e. The van der Waals surface area contributed by atoms with Crippen LogP contribution in [-0.2, 0) is 4.79 Å². The minimum atomic E-state index is -0.349. The number of carbonyl (C=O) groups is 1. The molecule has 0 unspecified atom stereocenters. The number of halogens is 1. The molecule has 0 fully saturated rings. The summed E-state index contributed by atoms with van der Waals surface area (Å²) in [7, 11) is 0. The molecule has 0 saturated carbocycles. The second-order valence-corrected chi connectivity index (χ2v) is 4.85. The Bertz CT molecular complexity index is 506. The van der Waals surface area contributed by atoms with Crippen LogP contribution in [0.4, 0.5) is 5.69 Å². The molecule has 0 spiro atoms. The number of rotatable bonds is 6. The Morgan fingerprint density at radius 3 is 2.95 bits per heavy atom. The highest BCUT2D eigenvalue weighted by atomic mass is 79.9. The lowest BCUT2D eigenvalue weighted by atomic mass is 10.2. The first-order valence-electron chi connectivity index (χ1n) is 6.08. The van der Waals surface area contributed by atoms with Gasteiger partial charge in [0.1, 0.15) is 11.6 Å². The first-order valence-corrected chi connectivity index (χ1v) is 6.87. The summed E-state index contributed by atoms with van der Waals surface area (Å²) < 4.78 is 0.928. The summed E-state index contributed by atoms with van der Waals surface area (Å²) >= 11 is 3.35. The van der Waals surface area contributed by atoms with Gasteiger partial charge in [-0.05, 0) is 24.6 Å². The lowest BCUT2D eigenvalue weighted by Crippen LogP contribution is -2.25. The van der Waals surface area contributed by atoms with Gasteiger partial charge >= 0.3 is 0 Å². The normalized spacial score (nSPS) is 10.7. The van der Waals surface area contributed by atoms with Gasteiger partial charge in [-0.15, -0.1) is 0 Å². The molecule has 0 aliphatic carbocycles. The number of hydrogen-bond donors (Lipinski definition) is 2. The Kier molecular flexibility index (Phi) is 6.69. The van der Waals surface area contributed by atoms with Crippen LogP contribution in [0.1, 0.15) is 19.8 Å². The quantitative estimate of drug-likeness (QED) is 0.480. The third kappa shape index (κ3) is 5.58. The highest BCUT2D eigenvalue weighted by Gasteiger charge is 2.07. The topological polar surface area (TPSA) is 64.9 Å². The van der Waals surface area contributed by atoms with E-state index >= 15 is 0 Å². The average molecular weight is 322 g/mol. The number of amides is 1. The second-order valence-electron chi connectivity index (χ2n) is 3.93. The third-order valence-electron chi connectivity index (χ3n) is 2.39. The lowest BCUT2D eigenvalue weighted by molar-refractivity contribution is -0.117. The maximum atomic E-state index is 11.7. The molecule has 0 atom stereocenters. The molecule has 5 heteroatoms. The van der Waals surface area contributed by atoms with Crippen molar-refractivity contribution in [1.82, 2.24) is 5.32 Å². The van der Waals surface area contributed by atoms with Gasteiger partial charge in [0.05, 0.1) is 0 Å². The first-order chi connectivity index (χ1) is 9.17. The van der Waals surface area contributed by atoms with Crippen LogP contribution in [0.3, 0.4) is 0 Å². The number of anilines is 1. The molecule has 0 heterocycles. The van der Waals surface area contributed by atoms with Crippen LogP contribution in [-0.4, -0.2) is 12.5 Å². The van der Waals surface area contributed by atoms with Crippen LogP contribution < -0.4 is 10.6 Å². The van der Waals surface area contributed by atoms with E-state index in [-0.39, 0.29) is 11.5 Å². The molecule has 100 valence electrons. The molecular formula is C14H16BrN3O. The van der Waals surface area contributed by atoms with Crippen LogP contribution in [0, 0.1) is 11.3 Å². The van der Waals surface area contributed by atoms with Crippen LogP contribution in [0.5, 0.6) is 0 Å². The Balaban J connectivity index is 2.62. The van der Waals surface area contributed by atoms with Gasteiger partial charge in [0.15, 0.2) is 0 Å². The van der Waals surface area contributed by atoms with Gasteiger partial charge in [0, 0.05) is 22.9 Å². The molecule has 1 aromatic carbocycles. The van der Waals surface area contributed by atoms with E-state index in [0.29, 0.717) is 6.54 Å². The number of hydrogen-bond acceptors (Lipinski definition) is 3. The van der Waals surface area contributed by atoms with Crippen LogP contribution in [0.25, 0.3) is 0 Å². The zero-order chi connectivity index (χ0) is 14.1. The van der Waals surface area contributed by atoms with Gasteiger partial charge in [0.25, 0.3) is 5.91 Å². The van der Waals surface area contributed by atoms with Crippen LogP contribution in [0.15, 0.2) is 40.5 Å². The van der Waals surface area contributed by atoms with Crippen LogP contribution >= 0.6 is 15.9 Å². The van der Waals surface area contributed by atoms with E-state index < -0.39 is 0 Å². The number of unbranched alkanes of at least 4 members (excludes halogenated alkanes) is 1. The van der Waals surface area contributed by atoms with Crippen molar-refractivity contribution in [2.45, 2.75) is 19.8 Å². The van der Waals surface area contributed by atoms with Crippen molar-refractivity contribution in [2.75, 3.05) is 11.9 Å². The number of nitriles is 1. The van der Waals surface area contributed by atoms with E-state index in [1.165, 1.54) is 6.20 Å². The summed E-state index contributed by atoms with van der Waals surface area (Å²) in [5, 5.41) is 14.6. The standard InChI is InChI=1S/C14H16BrN3O/c1-2-3-7-17-14(19)11(9-16)10-18-13-6-4-5-12(15)8-13/h4-6,8,10,18H,2-3,7H2,1H3,(H,17,19)/b11-10-. The Morgan fingerprint density at radius 2 is 2.32 bits per heavy atom. The van der Waals surface area contributed by atoms with E-state index in [2.05, 4.69) is 26.6 Å². The Morgan fingerprint density at radius 1 is 1.53 bits per heavy atom. The lowest BCUT2D eigenvalue weighted by Gasteiger charge is -2.04. The molecule has 0 radical (unpaired) electrons. The van der Waals surface area contributed by atoms with Crippen molar-refractivity contribution < 1.29 is 4.79 Å². The summed E-state index contributed by atoms with van der Waals surface area (Å²) in [6.45, 7) is 2.63. The van der Waals surface area contributed by atoms with Crippen molar-refractivity contribution in [1.29, 1.82) is 5.26 Å². The zero-order valence-corrected chi connectivity index (χ0v) is 12.3. The van der Waals surface area contributed by atoms with E-state index in [0.717, 1.165) is 23.0 Å². The second kappa shape index (κ2) is 8.33. The fourth-order valence-electron chi connectivity index (χ4n) is 1.36. The van der Waals surface area contributed by atoms with E-state index in [1.54, 1.807) is 0 Å². The minimum Gasteiger partial charge on any atom is -0.360 e. The molecule has 4 nitrogen and oxygen atoms in total. The van der Waals surface area contributed by atoms with Crippen molar-refractivity contribution in [3.05, 3.63) is 40.5 Å². The smallest absolute Gasteiger partial charge is 0.263 e. The van der Waals surface area contributed by atoms with Gasteiger partial charge in [-0.25, -0.2) is 0 Å². The van der Waals surface area contributed by atoms with Gasteiger partial charge in [0.2, 0.25) is 0 Å². The highest BCUT2D eigenvalue weighted by Crippen LogP contribution is 2.15. The molecule has 2 N–H and O–H groups in total. The number of carbonyl (C=O) groups excluding carboxylic acids is 1. The highest BCUT2D eigenvalue weighted by molar-refractivity contribution is 9.10. The van der Waals surface area contributed by atoms with E-state index in [9.17, 15) is 4.79 Å². The Labute approximate surface area is 121 Å².